The summed E-state index contributed by atoms with van der Waals surface area (Å²) in [5.74, 6) is -1.02. The Balaban J connectivity index is 2.57. The molecule has 0 aliphatic carbocycles. The summed E-state index contributed by atoms with van der Waals surface area (Å²) < 4.78 is 0.946. The largest absolute Gasteiger partial charge is 0.480 e. The molecule has 7 heteroatoms. The molecule has 1 aromatic heterocycles. The molecule has 100 valence electrons. The van der Waals surface area contributed by atoms with Crippen molar-refractivity contribution >= 4 is 39.3 Å². The zero-order chi connectivity index (χ0) is 13.7. The molecule has 0 aromatic carbocycles. The summed E-state index contributed by atoms with van der Waals surface area (Å²) in [7, 11) is 0. The number of nitrogens with one attached hydrogen (secondary N) is 1. The number of amides is 2. The van der Waals surface area contributed by atoms with Gasteiger partial charge in [0.15, 0.2) is 0 Å². The van der Waals surface area contributed by atoms with Gasteiger partial charge in [0, 0.05) is 15.4 Å². The van der Waals surface area contributed by atoms with Crippen molar-refractivity contribution in [3.8, 4) is 0 Å². The number of thiophene rings is 1. The van der Waals surface area contributed by atoms with Crippen LogP contribution < -0.4 is 5.32 Å². The maximum absolute atomic E-state index is 11.9. The highest BCUT2D eigenvalue weighted by Crippen LogP contribution is 2.22. The van der Waals surface area contributed by atoms with Gasteiger partial charge in [0.1, 0.15) is 6.54 Å². The van der Waals surface area contributed by atoms with Gasteiger partial charge in [-0.2, -0.15) is 0 Å². The number of aliphatic carboxylic acids is 1. The Morgan fingerprint density at radius 3 is 2.67 bits per heavy atom. The highest BCUT2D eigenvalue weighted by Gasteiger charge is 2.19. The van der Waals surface area contributed by atoms with E-state index >= 15 is 0 Å². The summed E-state index contributed by atoms with van der Waals surface area (Å²) in [5, 5.41) is 13.4. The number of urea groups is 1. The van der Waals surface area contributed by atoms with Crippen molar-refractivity contribution in [2.45, 2.75) is 26.4 Å². The summed E-state index contributed by atoms with van der Waals surface area (Å²) in [6.45, 7) is 3.65. The Morgan fingerprint density at radius 1 is 1.56 bits per heavy atom. The fraction of sp³-hybridized carbons (Fsp3) is 0.455. The predicted octanol–water partition coefficient (Wildman–Crippen LogP) is 2.52. The lowest BCUT2D eigenvalue weighted by Gasteiger charge is -2.25. The Bertz CT molecular complexity index is 434. The first-order chi connectivity index (χ1) is 8.41. The molecule has 2 N–H and O–H groups in total. The van der Waals surface area contributed by atoms with E-state index in [0.717, 1.165) is 9.35 Å². The molecule has 18 heavy (non-hydrogen) atoms. The normalized spacial score (nSPS) is 10.4. The van der Waals surface area contributed by atoms with Crippen LogP contribution in [-0.2, 0) is 11.3 Å². The Kier molecular flexibility index (Phi) is 5.61. The zero-order valence-corrected chi connectivity index (χ0v) is 12.5. The Morgan fingerprint density at radius 2 is 2.22 bits per heavy atom. The first-order valence-corrected chi connectivity index (χ1v) is 7.07. The van der Waals surface area contributed by atoms with Crippen LogP contribution in [0.15, 0.2) is 15.9 Å². The quantitative estimate of drug-likeness (QED) is 0.869. The van der Waals surface area contributed by atoms with Crippen LogP contribution >= 0.6 is 27.3 Å². The number of carboxylic acids is 1. The van der Waals surface area contributed by atoms with Gasteiger partial charge in [0.2, 0.25) is 0 Å². The van der Waals surface area contributed by atoms with Gasteiger partial charge in [-0.1, -0.05) is 0 Å². The summed E-state index contributed by atoms with van der Waals surface area (Å²) in [6.07, 6.45) is 0. The number of carboxylic acid groups (broad SMARTS) is 1. The third kappa shape index (κ3) is 4.30. The van der Waals surface area contributed by atoms with Crippen LogP contribution in [0.3, 0.4) is 0 Å². The standard InChI is InChI=1S/C11H15BrN2O3S/c1-7(2)14(6-10(15)16)11(17)13-5-9-8(12)3-4-18-9/h3-4,7H,5-6H2,1-2H3,(H,13,17)(H,15,16). The van der Waals surface area contributed by atoms with Crippen LogP contribution in [0.1, 0.15) is 18.7 Å². The van der Waals surface area contributed by atoms with E-state index in [1.807, 2.05) is 11.4 Å². The van der Waals surface area contributed by atoms with Crippen LogP contribution in [0.5, 0.6) is 0 Å². The van der Waals surface area contributed by atoms with Crippen LogP contribution in [-0.4, -0.2) is 34.6 Å². The number of carbonyl (C=O) groups is 2. The molecule has 1 heterocycles. The highest BCUT2D eigenvalue weighted by molar-refractivity contribution is 9.10. The number of carbonyl (C=O) groups excluding carboxylic acids is 1. The van der Waals surface area contributed by atoms with Gasteiger partial charge in [0.05, 0.1) is 6.54 Å². The van der Waals surface area contributed by atoms with Crippen LogP contribution in [0, 0.1) is 0 Å². The average molecular weight is 335 g/mol. The van der Waals surface area contributed by atoms with Crippen molar-refractivity contribution in [3.05, 3.63) is 20.8 Å². The molecule has 1 aromatic rings. The topological polar surface area (TPSA) is 69.6 Å². The lowest BCUT2D eigenvalue weighted by molar-refractivity contribution is -0.138. The van der Waals surface area contributed by atoms with Crippen molar-refractivity contribution in [2.75, 3.05) is 6.54 Å². The second-order valence-corrected chi connectivity index (χ2v) is 5.82. The highest BCUT2D eigenvalue weighted by atomic mass is 79.9. The monoisotopic (exact) mass is 334 g/mol. The van der Waals surface area contributed by atoms with Gasteiger partial charge in [-0.05, 0) is 41.2 Å². The predicted molar refractivity (Wildman–Crippen MR) is 73.7 cm³/mol. The fourth-order valence-electron chi connectivity index (χ4n) is 1.34. The minimum absolute atomic E-state index is 0.159. The molecule has 0 radical (unpaired) electrons. The van der Waals surface area contributed by atoms with Crippen molar-refractivity contribution < 1.29 is 14.7 Å². The number of rotatable bonds is 5. The molecule has 0 aliphatic rings. The molecule has 0 unspecified atom stereocenters. The first kappa shape index (κ1) is 15.0. The molecule has 0 fully saturated rings. The molecule has 5 nitrogen and oxygen atoms in total. The van der Waals surface area contributed by atoms with E-state index < -0.39 is 5.97 Å². The van der Waals surface area contributed by atoms with Crippen molar-refractivity contribution in [2.24, 2.45) is 0 Å². The van der Waals surface area contributed by atoms with E-state index in [1.165, 1.54) is 16.2 Å². The summed E-state index contributed by atoms with van der Waals surface area (Å²) in [6, 6.07) is 1.38. The van der Waals surface area contributed by atoms with Gasteiger partial charge >= 0.3 is 12.0 Å². The number of halogens is 1. The number of hydrogen-bond acceptors (Lipinski definition) is 3. The third-order valence-corrected chi connectivity index (χ3v) is 4.21. The van der Waals surface area contributed by atoms with E-state index in [4.69, 9.17) is 5.11 Å². The molecule has 0 bridgehead atoms. The SMILES string of the molecule is CC(C)N(CC(=O)O)C(=O)NCc1sccc1Br. The molecule has 0 saturated heterocycles. The van der Waals surface area contributed by atoms with Gasteiger partial charge in [-0.25, -0.2) is 4.79 Å². The average Bonchev–Trinajstić information content (AvgIpc) is 2.68. The maximum atomic E-state index is 11.9. The maximum Gasteiger partial charge on any atom is 0.323 e. The van der Waals surface area contributed by atoms with Crippen LogP contribution in [0.25, 0.3) is 0 Å². The van der Waals surface area contributed by atoms with E-state index in [-0.39, 0.29) is 18.6 Å². The molecule has 2 amide bonds. The molecule has 0 spiro atoms. The summed E-state index contributed by atoms with van der Waals surface area (Å²) in [4.78, 5) is 24.8. The number of nitrogens with zero attached hydrogens (tertiary/aromatic N) is 1. The molecular formula is C11H15BrN2O3S. The lowest BCUT2D eigenvalue weighted by atomic mass is 10.3. The van der Waals surface area contributed by atoms with E-state index in [0.29, 0.717) is 6.54 Å². The van der Waals surface area contributed by atoms with Crippen LogP contribution in [0.2, 0.25) is 0 Å². The minimum atomic E-state index is -1.02. The van der Waals surface area contributed by atoms with Gasteiger partial charge in [0.25, 0.3) is 0 Å². The smallest absolute Gasteiger partial charge is 0.323 e. The molecule has 1 rings (SSSR count). The fourth-order valence-corrected chi connectivity index (χ4v) is 2.78. The lowest BCUT2D eigenvalue weighted by Crippen LogP contribution is -2.46. The molecule has 0 aliphatic heterocycles. The molecular weight excluding hydrogens is 320 g/mol. The Labute approximate surface area is 118 Å². The van der Waals surface area contributed by atoms with Gasteiger partial charge in [-0.15, -0.1) is 11.3 Å². The van der Waals surface area contributed by atoms with Gasteiger partial charge < -0.3 is 15.3 Å². The third-order valence-electron chi connectivity index (χ3n) is 2.28. The Hall–Kier alpha value is -1.08. The number of hydrogen-bond donors (Lipinski definition) is 2. The second kappa shape index (κ2) is 6.75. The second-order valence-electron chi connectivity index (χ2n) is 3.97. The molecule has 0 saturated carbocycles. The van der Waals surface area contributed by atoms with Crippen molar-refractivity contribution in [3.63, 3.8) is 0 Å². The molecule has 0 atom stereocenters. The van der Waals surface area contributed by atoms with Crippen LogP contribution in [0.4, 0.5) is 4.79 Å². The van der Waals surface area contributed by atoms with E-state index in [9.17, 15) is 9.59 Å². The summed E-state index contributed by atoms with van der Waals surface area (Å²) >= 11 is 4.90. The first-order valence-electron chi connectivity index (χ1n) is 5.40. The van der Waals surface area contributed by atoms with E-state index in [1.54, 1.807) is 13.8 Å². The zero-order valence-electron chi connectivity index (χ0n) is 10.1. The minimum Gasteiger partial charge on any atom is -0.480 e. The van der Waals surface area contributed by atoms with E-state index in [2.05, 4.69) is 21.2 Å². The van der Waals surface area contributed by atoms with Crippen molar-refractivity contribution in [1.82, 2.24) is 10.2 Å². The van der Waals surface area contributed by atoms with Gasteiger partial charge in [-0.3, -0.25) is 4.79 Å². The summed E-state index contributed by atoms with van der Waals surface area (Å²) in [5.41, 5.74) is 0. The van der Waals surface area contributed by atoms with Crippen molar-refractivity contribution in [1.29, 1.82) is 0 Å².